The quantitative estimate of drug-likeness (QED) is 0.688. The van der Waals surface area contributed by atoms with Gasteiger partial charge < -0.3 is 15.4 Å². The molecule has 1 fully saturated rings. The summed E-state index contributed by atoms with van der Waals surface area (Å²) in [7, 11) is 0. The molecule has 4 nitrogen and oxygen atoms in total. The summed E-state index contributed by atoms with van der Waals surface area (Å²) in [5, 5.41) is 6.46. The van der Waals surface area contributed by atoms with Crippen LogP contribution in [0.1, 0.15) is 54.4 Å². The van der Waals surface area contributed by atoms with E-state index in [4.69, 9.17) is 4.74 Å². The lowest BCUT2D eigenvalue weighted by Crippen LogP contribution is -2.61. The number of carbonyl (C=O) groups excluding carboxylic acids is 1. The third kappa shape index (κ3) is 5.95. The molecule has 0 aliphatic heterocycles. The number of ether oxygens (including phenoxy) is 1. The van der Waals surface area contributed by atoms with Gasteiger partial charge in [-0.15, -0.1) is 0 Å². The highest BCUT2D eigenvalue weighted by Crippen LogP contribution is 2.42. The molecule has 21 heavy (non-hydrogen) atoms. The highest BCUT2D eigenvalue weighted by molar-refractivity contribution is 5.76. The summed E-state index contributed by atoms with van der Waals surface area (Å²) in [5.41, 5.74) is 0.156. The summed E-state index contributed by atoms with van der Waals surface area (Å²) in [6.45, 7) is 15.4. The Morgan fingerprint density at radius 1 is 1.24 bits per heavy atom. The van der Waals surface area contributed by atoms with Crippen molar-refractivity contribution in [1.29, 1.82) is 0 Å². The van der Waals surface area contributed by atoms with E-state index in [0.717, 1.165) is 26.1 Å². The molecular formula is C17H34N2O2. The molecule has 0 saturated heterocycles. The van der Waals surface area contributed by atoms with Gasteiger partial charge in [-0.05, 0) is 18.3 Å². The average molecular weight is 298 g/mol. The fraction of sp³-hybridized carbons (Fsp3) is 0.941. The van der Waals surface area contributed by atoms with E-state index >= 15 is 0 Å². The summed E-state index contributed by atoms with van der Waals surface area (Å²) in [4.78, 5) is 11.7. The number of nitrogens with one attached hydrogen (secondary N) is 2. The first-order valence-corrected chi connectivity index (χ1v) is 8.35. The molecule has 124 valence electrons. The number of hydrogen-bond donors (Lipinski definition) is 2. The highest BCUT2D eigenvalue weighted by Gasteiger charge is 2.48. The molecular weight excluding hydrogens is 264 g/mol. The second-order valence-electron chi connectivity index (χ2n) is 7.73. The molecule has 0 aromatic rings. The summed E-state index contributed by atoms with van der Waals surface area (Å²) >= 11 is 0. The Labute approximate surface area is 130 Å². The Morgan fingerprint density at radius 2 is 1.90 bits per heavy atom. The van der Waals surface area contributed by atoms with Crippen LogP contribution in [0, 0.1) is 17.3 Å². The Bertz CT molecular complexity index is 327. The zero-order chi connectivity index (χ0) is 16.0. The number of hydrogen-bond acceptors (Lipinski definition) is 3. The Morgan fingerprint density at radius 3 is 2.43 bits per heavy atom. The van der Waals surface area contributed by atoms with Crippen LogP contribution in [0.5, 0.6) is 0 Å². The van der Waals surface area contributed by atoms with Crippen molar-refractivity contribution in [3.8, 4) is 0 Å². The molecule has 1 rings (SSSR count). The van der Waals surface area contributed by atoms with E-state index in [9.17, 15) is 4.79 Å². The van der Waals surface area contributed by atoms with E-state index in [-0.39, 0.29) is 11.3 Å². The Hall–Kier alpha value is -0.610. The molecule has 1 amide bonds. The van der Waals surface area contributed by atoms with Crippen LogP contribution in [0.4, 0.5) is 0 Å². The number of amides is 1. The van der Waals surface area contributed by atoms with E-state index in [1.165, 1.54) is 0 Å². The molecule has 1 aliphatic carbocycles. The van der Waals surface area contributed by atoms with Crippen molar-refractivity contribution >= 4 is 5.91 Å². The molecule has 2 unspecified atom stereocenters. The van der Waals surface area contributed by atoms with Crippen LogP contribution < -0.4 is 10.6 Å². The summed E-state index contributed by atoms with van der Waals surface area (Å²) in [5.74, 6) is 1.23. The molecule has 2 atom stereocenters. The zero-order valence-electron chi connectivity index (χ0n) is 14.7. The lowest BCUT2D eigenvalue weighted by molar-refractivity contribution is -0.126. The second-order valence-corrected chi connectivity index (χ2v) is 7.73. The van der Waals surface area contributed by atoms with Crippen molar-refractivity contribution in [3.05, 3.63) is 0 Å². The molecule has 4 heteroatoms. The SMILES string of the molecule is CC(C)CNC(=O)CCNC1CC(OCC(C)C)C1(C)C. The molecule has 0 radical (unpaired) electrons. The van der Waals surface area contributed by atoms with E-state index in [1.807, 2.05) is 0 Å². The first kappa shape index (κ1) is 18.4. The minimum Gasteiger partial charge on any atom is -0.377 e. The zero-order valence-corrected chi connectivity index (χ0v) is 14.7. The van der Waals surface area contributed by atoms with E-state index in [1.54, 1.807) is 0 Å². The standard InChI is InChI=1S/C17H34N2O2/c1-12(2)10-19-16(20)7-8-18-14-9-15(17(14,5)6)21-11-13(3)4/h12-15,18H,7-11H2,1-6H3,(H,19,20). The fourth-order valence-corrected chi connectivity index (χ4v) is 2.59. The van der Waals surface area contributed by atoms with E-state index in [2.05, 4.69) is 52.2 Å². The predicted molar refractivity (Wildman–Crippen MR) is 87.2 cm³/mol. The van der Waals surface area contributed by atoms with Crippen molar-refractivity contribution in [3.63, 3.8) is 0 Å². The van der Waals surface area contributed by atoms with Crippen LogP contribution in [0.3, 0.4) is 0 Å². The molecule has 0 spiro atoms. The van der Waals surface area contributed by atoms with Crippen LogP contribution in [0.2, 0.25) is 0 Å². The largest absolute Gasteiger partial charge is 0.377 e. The molecule has 0 bridgehead atoms. The van der Waals surface area contributed by atoms with Crippen molar-refractivity contribution in [2.45, 2.75) is 66.5 Å². The van der Waals surface area contributed by atoms with Crippen molar-refractivity contribution in [2.75, 3.05) is 19.7 Å². The molecule has 1 saturated carbocycles. The van der Waals surface area contributed by atoms with Gasteiger partial charge in [-0.1, -0.05) is 41.5 Å². The van der Waals surface area contributed by atoms with Crippen molar-refractivity contribution in [2.24, 2.45) is 17.3 Å². The van der Waals surface area contributed by atoms with Crippen LogP contribution in [-0.2, 0) is 9.53 Å². The summed E-state index contributed by atoms with van der Waals surface area (Å²) in [6.07, 6.45) is 1.94. The van der Waals surface area contributed by atoms with Crippen LogP contribution >= 0.6 is 0 Å². The maximum absolute atomic E-state index is 11.7. The van der Waals surface area contributed by atoms with Crippen LogP contribution in [0.25, 0.3) is 0 Å². The number of carbonyl (C=O) groups is 1. The van der Waals surface area contributed by atoms with E-state index in [0.29, 0.717) is 30.4 Å². The first-order valence-electron chi connectivity index (χ1n) is 8.35. The third-order valence-corrected chi connectivity index (χ3v) is 4.26. The summed E-state index contributed by atoms with van der Waals surface area (Å²) < 4.78 is 5.96. The number of rotatable bonds is 9. The average Bonchev–Trinajstić information content (AvgIpc) is 2.38. The van der Waals surface area contributed by atoms with Gasteiger partial charge in [-0.3, -0.25) is 4.79 Å². The Balaban J connectivity index is 2.18. The topological polar surface area (TPSA) is 50.4 Å². The van der Waals surface area contributed by atoms with E-state index < -0.39 is 0 Å². The van der Waals surface area contributed by atoms with Crippen LogP contribution in [-0.4, -0.2) is 37.7 Å². The predicted octanol–water partition coefficient (Wildman–Crippen LogP) is 2.58. The summed E-state index contributed by atoms with van der Waals surface area (Å²) in [6, 6.07) is 0.451. The third-order valence-electron chi connectivity index (χ3n) is 4.26. The van der Waals surface area contributed by atoms with Crippen molar-refractivity contribution < 1.29 is 9.53 Å². The normalized spacial score (nSPS) is 24.2. The lowest BCUT2D eigenvalue weighted by atomic mass is 9.64. The van der Waals surface area contributed by atoms with Gasteiger partial charge in [-0.25, -0.2) is 0 Å². The van der Waals surface area contributed by atoms with Gasteiger partial charge in [0, 0.05) is 37.6 Å². The van der Waals surface area contributed by atoms with Gasteiger partial charge in [0.05, 0.1) is 6.10 Å². The van der Waals surface area contributed by atoms with Gasteiger partial charge in [0.25, 0.3) is 0 Å². The monoisotopic (exact) mass is 298 g/mol. The minimum absolute atomic E-state index is 0.140. The molecule has 1 aliphatic rings. The second kappa shape index (κ2) is 8.14. The molecule has 0 aromatic heterocycles. The van der Waals surface area contributed by atoms with Gasteiger partial charge >= 0.3 is 0 Å². The fourth-order valence-electron chi connectivity index (χ4n) is 2.59. The molecule has 0 heterocycles. The minimum atomic E-state index is 0.140. The maximum Gasteiger partial charge on any atom is 0.221 e. The van der Waals surface area contributed by atoms with Gasteiger partial charge in [0.1, 0.15) is 0 Å². The van der Waals surface area contributed by atoms with Crippen LogP contribution in [0.15, 0.2) is 0 Å². The smallest absolute Gasteiger partial charge is 0.221 e. The van der Waals surface area contributed by atoms with Gasteiger partial charge in [-0.2, -0.15) is 0 Å². The Kier molecular flexibility index (Phi) is 7.14. The maximum atomic E-state index is 11.7. The van der Waals surface area contributed by atoms with Crippen molar-refractivity contribution in [1.82, 2.24) is 10.6 Å². The highest BCUT2D eigenvalue weighted by atomic mass is 16.5. The van der Waals surface area contributed by atoms with Gasteiger partial charge in [0.15, 0.2) is 0 Å². The first-order chi connectivity index (χ1) is 9.73. The molecule has 0 aromatic carbocycles. The van der Waals surface area contributed by atoms with Gasteiger partial charge in [0.2, 0.25) is 5.91 Å². The lowest BCUT2D eigenvalue weighted by Gasteiger charge is -2.52. The molecule has 2 N–H and O–H groups in total.